The number of thioether (sulfide) groups is 1. The average Bonchev–Trinajstić information content (AvgIpc) is 2.88. The SMILES string of the molecule is CCN=C1S/C(=C\c2ccc3c(c2)[C@H](C)CC(C)(C)N3C)C(=O)N1CC. The van der Waals surface area contributed by atoms with Crippen LogP contribution in [0.5, 0.6) is 0 Å². The molecule has 1 atom stereocenters. The molecular formula is C21H29N3OS. The van der Waals surface area contributed by atoms with Crippen LogP contribution in [0.1, 0.15) is 58.1 Å². The smallest absolute Gasteiger partial charge is 0.266 e. The molecule has 3 rings (SSSR count). The number of aliphatic imine (C=N–C) groups is 1. The maximum absolute atomic E-state index is 12.7. The summed E-state index contributed by atoms with van der Waals surface area (Å²) in [4.78, 5) is 22.0. The Kier molecular flexibility index (Phi) is 5.20. The highest BCUT2D eigenvalue weighted by Gasteiger charge is 2.35. The van der Waals surface area contributed by atoms with Gasteiger partial charge in [0.05, 0.1) is 4.91 Å². The van der Waals surface area contributed by atoms with E-state index in [-0.39, 0.29) is 11.4 Å². The average molecular weight is 372 g/mol. The summed E-state index contributed by atoms with van der Waals surface area (Å²) in [5, 5.41) is 0.819. The van der Waals surface area contributed by atoms with Gasteiger partial charge in [0.2, 0.25) is 0 Å². The first-order valence-corrected chi connectivity index (χ1v) is 10.2. The lowest BCUT2D eigenvalue weighted by molar-refractivity contribution is -0.122. The first-order chi connectivity index (χ1) is 12.3. The first kappa shape index (κ1) is 19.0. The second-order valence-electron chi connectivity index (χ2n) is 7.71. The van der Waals surface area contributed by atoms with Gasteiger partial charge in [-0.05, 0) is 81.1 Å². The predicted molar refractivity (Wildman–Crippen MR) is 113 cm³/mol. The fourth-order valence-corrected chi connectivity index (χ4v) is 4.98. The number of carbonyl (C=O) groups excluding carboxylic acids is 1. The van der Waals surface area contributed by atoms with Crippen molar-refractivity contribution >= 4 is 34.6 Å². The lowest BCUT2D eigenvalue weighted by Gasteiger charge is -2.45. The maximum atomic E-state index is 12.7. The van der Waals surface area contributed by atoms with Crippen molar-refractivity contribution in [1.29, 1.82) is 0 Å². The predicted octanol–water partition coefficient (Wildman–Crippen LogP) is 4.72. The van der Waals surface area contributed by atoms with E-state index in [1.165, 1.54) is 23.0 Å². The van der Waals surface area contributed by atoms with E-state index in [0.29, 0.717) is 19.0 Å². The van der Waals surface area contributed by atoms with Gasteiger partial charge in [-0.15, -0.1) is 0 Å². The van der Waals surface area contributed by atoms with Gasteiger partial charge in [0.1, 0.15) is 0 Å². The number of hydrogen-bond acceptors (Lipinski definition) is 4. The summed E-state index contributed by atoms with van der Waals surface area (Å²) in [5.41, 5.74) is 3.92. The van der Waals surface area contributed by atoms with Gasteiger partial charge in [-0.3, -0.25) is 14.7 Å². The van der Waals surface area contributed by atoms with E-state index in [4.69, 9.17) is 0 Å². The Labute approximate surface area is 161 Å². The third-order valence-corrected chi connectivity index (χ3v) is 6.50. The van der Waals surface area contributed by atoms with Crippen LogP contribution in [0.15, 0.2) is 28.1 Å². The van der Waals surface area contributed by atoms with Crippen molar-refractivity contribution < 1.29 is 4.79 Å². The molecule has 2 heterocycles. The Morgan fingerprint density at radius 2 is 2.08 bits per heavy atom. The normalized spacial score (nSPS) is 25.3. The number of rotatable bonds is 3. The van der Waals surface area contributed by atoms with Crippen LogP contribution in [0.4, 0.5) is 5.69 Å². The van der Waals surface area contributed by atoms with Crippen molar-refractivity contribution in [2.75, 3.05) is 25.0 Å². The Balaban J connectivity index is 1.95. The van der Waals surface area contributed by atoms with Crippen LogP contribution in [0.25, 0.3) is 6.08 Å². The van der Waals surface area contributed by atoms with E-state index in [9.17, 15) is 4.79 Å². The molecule has 0 saturated carbocycles. The van der Waals surface area contributed by atoms with Crippen LogP contribution < -0.4 is 4.90 Å². The number of carbonyl (C=O) groups is 1. The van der Waals surface area contributed by atoms with Crippen LogP contribution in [-0.2, 0) is 4.79 Å². The van der Waals surface area contributed by atoms with Crippen molar-refractivity contribution in [1.82, 2.24) is 4.90 Å². The number of fused-ring (bicyclic) bond motifs is 1. The molecule has 1 fully saturated rings. The fraction of sp³-hybridized carbons (Fsp3) is 0.524. The Bertz CT molecular complexity index is 781. The van der Waals surface area contributed by atoms with Crippen molar-refractivity contribution in [2.45, 2.75) is 52.5 Å². The van der Waals surface area contributed by atoms with Crippen LogP contribution in [0.3, 0.4) is 0 Å². The molecular weight excluding hydrogens is 342 g/mol. The minimum Gasteiger partial charge on any atom is -0.369 e. The van der Waals surface area contributed by atoms with E-state index >= 15 is 0 Å². The molecule has 0 aliphatic carbocycles. The summed E-state index contributed by atoms with van der Waals surface area (Å²) in [6, 6.07) is 6.56. The first-order valence-electron chi connectivity index (χ1n) is 9.42. The zero-order valence-corrected chi connectivity index (χ0v) is 17.5. The summed E-state index contributed by atoms with van der Waals surface area (Å²) in [7, 11) is 2.17. The van der Waals surface area contributed by atoms with Crippen LogP contribution >= 0.6 is 11.8 Å². The van der Waals surface area contributed by atoms with Gasteiger partial charge < -0.3 is 4.90 Å². The minimum atomic E-state index is 0.0636. The van der Waals surface area contributed by atoms with Gasteiger partial charge in [-0.2, -0.15) is 0 Å². The topological polar surface area (TPSA) is 35.9 Å². The minimum absolute atomic E-state index is 0.0636. The molecule has 1 amide bonds. The molecule has 4 nitrogen and oxygen atoms in total. The van der Waals surface area contributed by atoms with Gasteiger partial charge in [0.15, 0.2) is 5.17 Å². The highest BCUT2D eigenvalue weighted by molar-refractivity contribution is 8.18. The van der Waals surface area contributed by atoms with E-state index in [1.807, 2.05) is 19.9 Å². The van der Waals surface area contributed by atoms with Gasteiger partial charge in [0.25, 0.3) is 5.91 Å². The standard InChI is InChI=1S/C21H29N3OS/c1-7-22-20-24(8-2)19(25)18(26-20)12-15-9-10-17-16(11-15)14(3)13-21(4,5)23(17)6/h9-12,14H,7-8,13H2,1-6H3/b18-12-,22-20?/t14-/m1/s1. The highest BCUT2D eigenvalue weighted by atomic mass is 32.2. The number of nitrogens with zero attached hydrogens (tertiary/aromatic N) is 3. The van der Waals surface area contributed by atoms with E-state index < -0.39 is 0 Å². The molecule has 0 N–H and O–H groups in total. The summed E-state index contributed by atoms with van der Waals surface area (Å²) in [6.07, 6.45) is 3.14. The maximum Gasteiger partial charge on any atom is 0.266 e. The number of amidine groups is 1. The van der Waals surface area contributed by atoms with Gasteiger partial charge in [0, 0.05) is 31.4 Å². The van der Waals surface area contributed by atoms with Gasteiger partial charge in [-0.1, -0.05) is 13.0 Å². The molecule has 140 valence electrons. The summed E-state index contributed by atoms with van der Waals surface area (Å²) >= 11 is 1.49. The molecule has 1 aromatic rings. The number of hydrogen-bond donors (Lipinski definition) is 0. The zero-order chi connectivity index (χ0) is 19.1. The Morgan fingerprint density at radius 1 is 1.35 bits per heavy atom. The molecule has 0 radical (unpaired) electrons. The van der Waals surface area contributed by atoms with Gasteiger partial charge >= 0.3 is 0 Å². The highest BCUT2D eigenvalue weighted by Crippen LogP contribution is 2.43. The van der Waals surface area contributed by atoms with Crippen LogP contribution in [-0.4, -0.2) is 41.7 Å². The molecule has 26 heavy (non-hydrogen) atoms. The third kappa shape index (κ3) is 3.29. The molecule has 1 saturated heterocycles. The lowest BCUT2D eigenvalue weighted by Crippen LogP contribution is -2.45. The molecule has 0 aromatic heterocycles. The third-order valence-electron chi connectivity index (χ3n) is 5.45. The van der Waals surface area contributed by atoms with Gasteiger partial charge in [-0.25, -0.2) is 0 Å². The summed E-state index contributed by atoms with van der Waals surface area (Å²) < 4.78 is 0. The quantitative estimate of drug-likeness (QED) is 0.721. The monoisotopic (exact) mass is 371 g/mol. The molecule has 1 aromatic carbocycles. The second kappa shape index (κ2) is 7.10. The molecule has 2 aliphatic rings. The van der Waals surface area contributed by atoms with Crippen molar-refractivity contribution in [3.05, 3.63) is 34.2 Å². The van der Waals surface area contributed by atoms with E-state index in [1.54, 1.807) is 4.90 Å². The number of likely N-dealkylation sites (N-methyl/N-ethyl adjacent to an activating group) is 1. The zero-order valence-electron chi connectivity index (χ0n) is 16.7. The van der Waals surface area contributed by atoms with Crippen molar-refractivity contribution in [3.63, 3.8) is 0 Å². The van der Waals surface area contributed by atoms with Crippen molar-refractivity contribution in [3.8, 4) is 0 Å². The fourth-order valence-electron chi connectivity index (χ4n) is 3.88. The van der Waals surface area contributed by atoms with Crippen LogP contribution in [0.2, 0.25) is 0 Å². The van der Waals surface area contributed by atoms with Crippen molar-refractivity contribution in [2.24, 2.45) is 4.99 Å². The van der Waals surface area contributed by atoms with E-state index in [2.05, 4.69) is 55.9 Å². The number of benzene rings is 1. The second-order valence-corrected chi connectivity index (χ2v) is 8.72. The molecule has 0 spiro atoms. The Morgan fingerprint density at radius 3 is 2.73 bits per heavy atom. The Hall–Kier alpha value is -1.75. The molecule has 0 unspecified atom stereocenters. The molecule has 0 bridgehead atoms. The molecule has 2 aliphatic heterocycles. The van der Waals surface area contributed by atoms with Crippen LogP contribution in [0, 0.1) is 0 Å². The molecule has 5 heteroatoms. The summed E-state index contributed by atoms with van der Waals surface area (Å²) in [6.45, 7) is 12.2. The summed E-state index contributed by atoms with van der Waals surface area (Å²) in [5.74, 6) is 0.569. The number of anilines is 1. The largest absolute Gasteiger partial charge is 0.369 e. The number of amides is 1. The lowest BCUT2D eigenvalue weighted by atomic mass is 9.80. The van der Waals surface area contributed by atoms with E-state index in [0.717, 1.165) is 22.1 Å².